The van der Waals surface area contributed by atoms with E-state index in [4.69, 9.17) is 10.00 Å². The van der Waals surface area contributed by atoms with Gasteiger partial charge in [0.2, 0.25) is 0 Å². The Hall–Kier alpha value is -1.38. The normalized spacial score (nSPS) is 14.5. The fourth-order valence-electron chi connectivity index (χ4n) is 1.46. The number of hydrogen-bond acceptors (Lipinski definition) is 3. The quantitative estimate of drug-likeness (QED) is 0.902. The molecule has 104 valence electrons. The topological polar surface area (TPSA) is 62.1 Å². The summed E-state index contributed by atoms with van der Waals surface area (Å²) in [5, 5.41) is 8.90. The molecular formula is C14H20N2O2S. The van der Waals surface area contributed by atoms with E-state index in [9.17, 15) is 4.21 Å². The molecule has 0 aromatic heterocycles. The summed E-state index contributed by atoms with van der Waals surface area (Å²) in [6.07, 6.45) is 0.272. The zero-order valence-corrected chi connectivity index (χ0v) is 12.6. The van der Waals surface area contributed by atoms with Gasteiger partial charge in [-0.1, -0.05) is 12.1 Å². The van der Waals surface area contributed by atoms with E-state index >= 15 is 0 Å². The SMILES string of the molecule is COc1ccc([C@@H](CC#N)N[S@](=O)C(C)(C)C)cc1. The summed E-state index contributed by atoms with van der Waals surface area (Å²) in [5.74, 6) is 0.761. The number of methoxy groups -OCH3 is 1. The Morgan fingerprint density at radius 1 is 1.37 bits per heavy atom. The molecule has 0 spiro atoms. The minimum Gasteiger partial charge on any atom is -0.497 e. The summed E-state index contributed by atoms with van der Waals surface area (Å²) in [5.41, 5.74) is 0.931. The fraction of sp³-hybridized carbons (Fsp3) is 0.500. The van der Waals surface area contributed by atoms with Crippen LogP contribution in [0.2, 0.25) is 0 Å². The first-order valence-corrected chi connectivity index (χ1v) is 7.22. The van der Waals surface area contributed by atoms with Crippen LogP contribution in [-0.2, 0) is 11.0 Å². The molecule has 2 atom stereocenters. The zero-order valence-electron chi connectivity index (χ0n) is 11.8. The third-order valence-corrected chi connectivity index (χ3v) is 4.23. The molecule has 4 nitrogen and oxygen atoms in total. The number of benzene rings is 1. The molecular weight excluding hydrogens is 260 g/mol. The van der Waals surface area contributed by atoms with Gasteiger partial charge in [0.15, 0.2) is 0 Å². The molecule has 5 heteroatoms. The smallest absolute Gasteiger partial charge is 0.118 e. The van der Waals surface area contributed by atoms with Gasteiger partial charge in [-0.3, -0.25) is 0 Å². The molecule has 0 saturated carbocycles. The lowest BCUT2D eigenvalue weighted by Gasteiger charge is -2.23. The number of nitriles is 1. The van der Waals surface area contributed by atoms with Gasteiger partial charge in [-0.25, -0.2) is 8.93 Å². The lowest BCUT2D eigenvalue weighted by atomic mass is 10.1. The predicted octanol–water partition coefficient (Wildman–Crippen LogP) is 2.70. The van der Waals surface area contributed by atoms with E-state index in [-0.39, 0.29) is 17.2 Å². The molecule has 1 aromatic carbocycles. The van der Waals surface area contributed by atoms with Gasteiger partial charge in [-0.15, -0.1) is 0 Å². The van der Waals surface area contributed by atoms with Crippen molar-refractivity contribution in [1.29, 1.82) is 5.26 Å². The molecule has 19 heavy (non-hydrogen) atoms. The molecule has 0 amide bonds. The summed E-state index contributed by atoms with van der Waals surface area (Å²) in [7, 11) is 0.397. The van der Waals surface area contributed by atoms with Crippen molar-refractivity contribution in [1.82, 2.24) is 4.72 Å². The maximum Gasteiger partial charge on any atom is 0.118 e. The first kappa shape index (κ1) is 15.7. The molecule has 0 aliphatic carbocycles. The second-order valence-electron chi connectivity index (χ2n) is 5.19. The Balaban J connectivity index is 2.88. The lowest BCUT2D eigenvalue weighted by Crippen LogP contribution is -2.35. The van der Waals surface area contributed by atoms with Crippen LogP contribution in [0.15, 0.2) is 24.3 Å². The fourth-order valence-corrected chi connectivity index (χ4v) is 2.29. The van der Waals surface area contributed by atoms with Gasteiger partial charge >= 0.3 is 0 Å². The van der Waals surface area contributed by atoms with Crippen LogP contribution in [0.1, 0.15) is 38.8 Å². The maximum atomic E-state index is 12.1. The first-order chi connectivity index (χ1) is 8.88. The van der Waals surface area contributed by atoms with E-state index in [0.717, 1.165) is 11.3 Å². The molecule has 1 aromatic rings. The van der Waals surface area contributed by atoms with Gasteiger partial charge in [0.1, 0.15) is 5.75 Å². The number of nitrogens with one attached hydrogen (secondary N) is 1. The highest BCUT2D eigenvalue weighted by Gasteiger charge is 2.23. The van der Waals surface area contributed by atoms with Crippen molar-refractivity contribution in [2.24, 2.45) is 0 Å². The van der Waals surface area contributed by atoms with Crippen LogP contribution in [0, 0.1) is 11.3 Å². The summed E-state index contributed by atoms with van der Waals surface area (Å²) in [6, 6.07) is 9.32. The van der Waals surface area contributed by atoms with Crippen LogP contribution >= 0.6 is 0 Å². The Kier molecular flexibility index (Phi) is 5.52. The Bertz CT molecular complexity index is 472. The minimum absolute atomic E-state index is 0.240. The molecule has 1 N–H and O–H groups in total. The largest absolute Gasteiger partial charge is 0.497 e. The molecule has 0 heterocycles. The molecule has 0 unspecified atom stereocenters. The van der Waals surface area contributed by atoms with E-state index in [1.165, 1.54) is 0 Å². The Morgan fingerprint density at radius 2 is 1.95 bits per heavy atom. The predicted molar refractivity (Wildman–Crippen MR) is 77.0 cm³/mol. The number of ether oxygens (including phenoxy) is 1. The van der Waals surface area contributed by atoms with E-state index in [1.807, 2.05) is 45.0 Å². The van der Waals surface area contributed by atoms with Gasteiger partial charge in [0, 0.05) is 0 Å². The maximum absolute atomic E-state index is 12.1. The Morgan fingerprint density at radius 3 is 2.37 bits per heavy atom. The standard InChI is InChI=1S/C14H20N2O2S/c1-14(2,3)19(17)16-13(9-10-15)11-5-7-12(18-4)8-6-11/h5-8,13,16H,9H2,1-4H3/t13-,19-/m1/s1. The number of nitrogens with zero attached hydrogens (tertiary/aromatic N) is 1. The first-order valence-electron chi connectivity index (χ1n) is 6.07. The summed E-state index contributed by atoms with van der Waals surface area (Å²) in [4.78, 5) is 0. The van der Waals surface area contributed by atoms with Gasteiger partial charge < -0.3 is 4.74 Å². The highest BCUT2D eigenvalue weighted by Crippen LogP contribution is 2.22. The second kappa shape index (κ2) is 6.69. The minimum atomic E-state index is -1.21. The van der Waals surface area contributed by atoms with Gasteiger partial charge in [0.25, 0.3) is 0 Å². The summed E-state index contributed by atoms with van der Waals surface area (Å²) < 4.78 is 19.9. The van der Waals surface area contributed by atoms with Crippen molar-refractivity contribution in [3.63, 3.8) is 0 Å². The van der Waals surface area contributed by atoms with Crippen LogP contribution in [0.25, 0.3) is 0 Å². The average molecular weight is 280 g/mol. The van der Waals surface area contributed by atoms with Gasteiger partial charge in [-0.2, -0.15) is 5.26 Å². The molecule has 0 radical (unpaired) electrons. The average Bonchev–Trinajstić information content (AvgIpc) is 2.37. The lowest BCUT2D eigenvalue weighted by molar-refractivity contribution is 0.414. The van der Waals surface area contributed by atoms with E-state index < -0.39 is 11.0 Å². The van der Waals surface area contributed by atoms with Crippen molar-refractivity contribution in [3.8, 4) is 11.8 Å². The van der Waals surface area contributed by atoms with Crippen LogP contribution in [0.5, 0.6) is 5.75 Å². The summed E-state index contributed by atoms with van der Waals surface area (Å²) in [6.45, 7) is 5.69. The van der Waals surface area contributed by atoms with E-state index in [2.05, 4.69) is 10.8 Å². The number of rotatable bonds is 5. The van der Waals surface area contributed by atoms with E-state index in [0.29, 0.717) is 0 Å². The molecule has 0 aliphatic heterocycles. The Labute approximate surface area is 117 Å². The van der Waals surface area contributed by atoms with Crippen LogP contribution in [0.4, 0.5) is 0 Å². The third-order valence-electron chi connectivity index (χ3n) is 2.62. The molecule has 0 saturated heterocycles. The number of hydrogen-bond donors (Lipinski definition) is 1. The van der Waals surface area contributed by atoms with E-state index in [1.54, 1.807) is 7.11 Å². The zero-order chi connectivity index (χ0) is 14.5. The van der Waals surface area contributed by atoms with Crippen molar-refractivity contribution in [3.05, 3.63) is 29.8 Å². The van der Waals surface area contributed by atoms with Crippen LogP contribution < -0.4 is 9.46 Å². The van der Waals surface area contributed by atoms with Crippen molar-refractivity contribution in [2.75, 3.05) is 7.11 Å². The molecule has 0 fully saturated rings. The summed E-state index contributed by atoms with van der Waals surface area (Å²) >= 11 is 0. The van der Waals surface area contributed by atoms with Crippen molar-refractivity contribution >= 4 is 11.0 Å². The van der Waals surface area contributed by atoms with Crippen molar-refractivity contribution in [2.45, 2.75) is 38.0 Å². The molecule has 0 bridgehead atoms. The van der Waals surface area contributed by atoms with Gasteiger partial charge in [-0.05, 0) is 38.5 Å². The highest BCUT2D eigenvalue weighted by molar-refractivity contribution is 7.84. The highest BCUT2D eigenvalue weighted by atomic mass is 32.2. The van der Waals surface area contributed by atoms with Gasteiger partial charge in [0.05, 0.1) is 41.4 Å². The van der Waals surface area contributed by atoms with Crippen molar-refractivity contribution < 1.29 is 8.95 Å². The third kappa shape index (κ3) is 4.66. The van der Waals surface area contributed by atoms with Crippen LogP contribution in [-0.4, -0.2) is 16.1 Å². The molecule has 0 aliphatic rings. The molecule has 1 rings (SSSR count). The van der Waals surface area contributed by atoms with Crippen LogP contribution in [0.3, 0.4) is 0 Å². The monoisotopic (exact) mass is 280 g/mol. The second-order valence-corrected chi connectivity index (χ2v) is 7.18.